The molecule has 0 saturated heterocycles. The Bertz CT molecular complexity index is 692. The maximum absolute atomic E-state index is 12.4. The first-order valence-corrected chi connectivity index (χ1v) is 7.64. The Labute approximate surface area is 136 Å². The van der Waals surface area contributed by atoms with Gasteiger partial charge in [0.25, 0.3) is 5.91 Å². The van der Waals surface area contributed by atoms with Gasteiger partial charge in [0.2, 0.25) is 0 Å². The SMILES string of the molecule is CCC(Oc1ccc(C)cc1)C(=O)Nc1cccc(C(C)=O)c1. The number of Topliss-reactive ketones (excluding diaryl/α,β-unsaturated/α-hetero) is 1. The highest BCUT2D eigenvalue weighted by Crippen LogP contribution is 2.17. The Morgan fingerprint density at radius 3 is 2.43 bits per heavy atom. The second-order valence-corrected chi connectivity index (χ2v) is 5.45. The Morgan fingerprint density at radius 2 is 1.83 bits per heavy atom. The highest BCUT2D eigenvalue weighted by Gasteiger charge is 2.18. The highest BCUT2D eigenvalue weighted by atomic mass is 16.5. The number of nitrogens with one attached hydrogen (secondary N) is 1. The fourth-order valence-electron chi connectivity index (χ4n) is 2.14. The quantitative estimate of drug-likeness (QED) is 0.821. The Hall–Kier alpha value is -2.62. The lowest BCUT2D eigenvalue weighted by Gasteiger charge is -2.17. The van der Waals surface area contributed by atoms with Crippen molar-refractivity contribution in [1.29, 1.82) is 0 Å². The molecule has 0 spiro atoms. The van der Waals surface area contributed by atoms with Gasteiger partial charge in [-0.05, 0) is 44.5 Å². The number of benzene rings is 2. The van der Waals surface area contributed by atoms with Crippen LogP contribution < -0.4 is 10.1 Å². The number of hydrogen-bond donors (Lipinski definition) is 1. The number of ketones is 1. The fraction of sp³-hybridized carbons (Fsp3) is 0.263. The van der Waals surface area contributed by atoms with E-state index in [1.807, 2.05) is 38.1 Å². The van der Waals surface area contributed by atoms with Gasteiger partial charge in [-0.25, -0.2) is 0 Å². The zero-order chi connectivity index (χ0) is 16.8. The van der Waals surface area contributed by atoms with E-state index in [9.17, 15) is 9.59 Å². The first-order valence-electron chi connectivity index (χ1n) is 7.64. The van der Waals surface area contributed by atoms with Gasteiger partial charge in [-0.2, -0.15) is 0 Å². The lowest BCUT2D eigenvalue weighted by molar-refractivity contribution is -0.122. The molecule has 4 nitrogen and oxygen atoms in total. The van der Waals surface area contributed by atoms with Crippen LogP contribution in [0.15, 0.2) is 48.5 Å². The van der Waals surface area contributed by atoms with Crippen LogP contribution in [-0.2, 0) is 4.79 Å². The number of aryl methyl sites for hydroxylation is 1. The van der Waals surface area contributed by atoms with E-state index in [-0.39, 0.29) is 11.7 Å². The summed E-state index contributed by atoms with van der Waals surface area (Å²) < 4.78 is 5.75. The molecule has 1 amide bonds. The van der Waals surface area contributed by atoms with E-state index in [2.05, 4.69) is 5.32 Å². The Morgan fingerprint density at radius 1 is 1.13 bits per heavy atom. The van der Waals surface area contributed by atoms with Crippen molar-refractivity contribution < 1.29 is 14.3 Å². The maximum Gasteiger partial charge on any atom is 0.265 e. The average molecular weight is 311 g/mol. The molecule has 0 bridgehead atoms. The van der Waals surface area contributed by atoms with Crippen molar-refractivity contribution in [2.75, 3.05) is 5.32 Å². The summed E-state index contributed by atoms with van der Waals surface area (Å²) in [5, 5.41) is 2.80. The molecule has 120 valence electrons. The molecule has 2 aromatic carbocycles. The zero-order valence-corrected chi connectivity index (χ0v) is 13.6. The number of carbonyl (C=O) groups is 2. The summed E-state index contributed by atoms with van der Waals surface area (Å²) in [7, 11) is 0. The second kappa shape index (κ2) is 7.58. The summed E-state index contributed by atoms with van der Waals surface area (Å²) in [5.41, 5.74) is 2.29. The molecule has 0 radical (unpaired) electrons. The Balaban J connectivity index is 2.06. The predicted molar refractivity (Wildman–Crippen MR) is 91.0 cm³/mol. The molecule has 1 atom stereocenters. The minimum atomic E-state index is -0.585. The summed E-state index contributed by atoms with van der Waals surface area (Å²) in [6.45, 7) is 5.39. The van der Waals surface area contributed by atoms with E-state index in [4.69, 9.17) is 4.74 Å². The third-order valence-electron chi connectivity index (χ3n) is 3.50. The normalized spacial score (nSPS) is 11.6. The van der Waals surface area contributed by atoms with Crippen LogP contribution in [0.4, 0.5) is 5.69 Å². The van der Waals surface area contributed by atoms with Crippen molar-refractivity contribution in [3.8, 4) is 5.75 Å². The molecule has 2 rings (SSSR count). The highest BCUT2D eigenvalue weighted by molar-refractivity contribution is 5.98. The molecule has 4 heteroatoms. The molecule has 1 N–H and O–H groups in total. The van der Waals surface area contributed by atoms with Crippen LogP contribution in [0.2, 0.25) is 0 Å². The third-order valence-corrected chi connectivity index (χ3v) is 3.50. The predicted octanol–water partition coefficient (Wildman–Crippen LogP) is 3.99. The lowest BCUT2D eigenvalue weighted by Crippen LogP contribution is -2.32. The summed E-state index contributed by atoms with van der Waals surface area (Å²) in [6, 6.07) is 14.5. The third kappa shape index (κ3) is 4.68. The van der Waals surface area contributed by atoms with Crippen molar-refractivity contribution in [2.24, 2.45) is 0 Å². The topological polar surface area (TPSA) is 55.4 Å². The first-order chi connectivity index (χ1) is 11.0. The van der Waals surface area contributed by atoms with E-state index in [1.54, 1.807) is 24.3 Å². The number of rotatable bonds is 6. The van der Waals surface area contributed by atoms with E-state index in [0.29, 0.717) is 23.4 Å². The molecular formula is C19H21NO3. The first kappa shape index (κ1) is 16.7. The summed E-state index contributed by atoms with van der Waals surface area (Å²) in [5.74, 6) is 0.396. The van der Waals surface area contributed by atoms with Gasteiger partial charge in [0.1, 0.15) is 5.75 Å². The molecule has 0 aliphatic heterocycles. The van der Waals surface area contributed by atoms with Gasteiger partial charge < -0.3 is 10.1 Å². The monoisotopic (exact) mass is 311 g/mol. The van der Waals surface area contributed by atoms with Crippen molar-refractivity contribution in [3.05, 3.63) is 59.7 Å². The van der Waals surface area contributed by atoms with Gasteiger partial charge in [-0.3, -0.25) is 9.59 Å². The minimum absolute atomic E-state index is 0.0379. The minimum Gasteiger partial charge on any atom is -0.481 e. The van der Waals surface area contributed by atoms with E-state index in [1.165, 1.54) is 6.92 Å². The van der Waals surface area contributed by atoms with Crippen LogP contribution in [0.3, 0.4) is 0 Å². The van der Waals surface area contributed by atoms with Crippen LogP contribution in [0.25, 0.3) is 0 Å². The molecule has 0 aliphatic carbocycles. The van der Waals surface area contributed by atoms with Crippen molar-refractivity contribution in [1.82, 2.24) is 0 Å². The number of anilines is 1. The molecular weight excluding hydrogens is 290 g/mol. The second-order valence-electron chi connectivity index (χ2n) is 5.45. The van der Waals surface area contributed by atoms with Gasteiger partial charge in [0.05, 0.1) is 0 Å². The van der Waals surface area contributed by atoms with Gasteiger partial charge in [-0.1, -0.05) is 36.8 Å². The standard InChI is InChI=1S/C19H21NO3/c1-4-18(23-17-10-8-13(2)9-11-17)19(22)20-16-7-5-6-15(12-16)14(3)21/h5-12,18H,4H2,1-3H3,(H,20,22). The molecule has 0 aromatic heterocycles. The number of amides is 1. The Kier molecular flexibility index (Phi) is 5.52. The number of hydrogen-bond acceptors (Lipinski definition) is 3. The molecule has 0 saturated carbocycles. The molecule has 23 heavy (non-hydrogen) atoms. The molecule has 0 heterocycles. The largest absolute Gasteiger partial charge is 0.481 e. The maximum atomic E-state index is 12.4. The number of carbonyl (C=O) groups excluding carboxylic acids is 2. The van der Waals surface area contributed by atoms with Crippen LogP contribution in [0.1, 0.15) is 36.2 Å². The van der Waals surface area contributed by atoms with Crippen LogP contribution >= 0.6 is 0 Å². The van der Waals surface area contributed by atoms with Crippen LogP contribution in [0, 0.1) is 6.92 Å². The van der Waals surface area contributed by atoms with E-state index >= 15 is 0 Å². The van der Waals surface area contributed by atoms with Gasteiger partial charge in [0, 0.05) is 11.3 Å². The van der Waals surface area contributed by atoms with Crippen molar-refractivity contribution in [3.63, 3.8) is 0 Å². The molecule has 0 aliphatic rings. The molecule has 1 unspecified atom stereocenters. The fourth-order valence-corrected chi connectivity index (χ4v) is 2.14. The van der Waals surface area contributed by atoms with Crippen molar-refractivity contribution >= 4 is 17.4 Å². The van der Waals surface area contributed by atoms with Crippen LogP contribution in [0.5, 0.6) is 5.75 Å². The van der Waals surface area contributed by atoms with Gasteiger partial charge in [-0.15, -0.1) is 0 Å². The average Bonchev–Trinajstić information content (AvgIpc) is 2.54. The van der Waals surface area contributed by atoms with Gasteiger partial charge in [0.15, 0.2) is 11.9 Å². The smallest absolute Gasteiger partial charge is 0.265 e. The summed E-state index contributed by atoms with van der Waals surface area (Å²) in [4.78, 5) is 23.8. The lowest BCUT2D eigenvalue weighted by atomic mass is 10.1. The van der Waals surface area contributed by atoms with Crippen LogP contribution in [-0.4, -0.2) is 17.8 Å². The molecule has 0 fully saturated rings. The van der Waals surface area contributed by atoms with E-state index < -0.39 is 6.10 Å². The summed E-state index contributed by atoms with van der Waals surface area (Å²) >= 11 is 0. The van der Waals surface area contributed by atoms with Gasteiger partial charge >= 0.3 is 0 Å². The van der Waals surface area contributed by atoms with Crippen molar-refractivity contribution in [2.45, 2.75) is 33.3 Å². The van der Waals surface area contributed by atoms with E-state index in [0.717, 1.165) is 5.56 Å². The number of ether oxygens (including phenoxy) is 1. The molecule has 2 aromatic rings. The summed E-state index contributed by atoms with van der Waals surface area (Å²) in [6.07, 6.45) is -0.0368. The zero-order valence-electron chi connectivity index (χ0n) is 13.6.